The van der Waals surface area contributed by atoms with Crippen LogP contribution in [0, 0.1) is 0 Å². The van der Waals surface area contributed by atoms with Gasteiger partial charge in [-0.05, 0) is 20.8 Å². The first-order valence-electron chi connectivity index (χ1n) is 5.29. The van der Waals surface area contributed by atoms with Gasteiger partial charge in [0.2, 0.25) is 5.91 Å². The van der Waals surface area contributed by atoms with Crippen molar-refractivity contribution in [1.82, 2.24) is 5.32 Å². The Labute approximate surface area is 109 Å². The van der Waals surface area contributed by atoms with Crippen molar-refractivity contribution in [3.05, 3.63) is 0 Å². The minimum absolute atomic E-state index is 0.0766. The van der Waals surface area contributed by atoms with Crippen LogP contribution in [-0.4, -0.2) is 46.2 Å². The predicted octanol–water partition coefficient (Wildman–Crippen LogP) is 0.183. The van der Waals surface area contributed by atoms with Crippen molar-refractivity contribution in [2.75, 3.05) is 12.4 Å². The highest BCUT2D eigenvalue weighted by Crippen LogP contribution is 2.27. The third-order valence-corrected chi connectivity index (χ3v) is 3.51. The quantitative estimate of drug-likeness (QED) is 0.634. The fraction of sp³-hybridized carbons (Fsp3) is 0.700. The summed E-state index contributed by atoms with van der Waals surface area (Å²) in [6.07, 6.45) is -0.816. The number of nitrogens with one attached hydrogen (secondary N) is 1. The third-order valence-electron chi connectivity index (χ3n) is 2.11. The maximum atomic E-state index is 11.3. The van der Waals surface area contributed by atoms with Crippen molar-refractivity contribution < 1.29 is 24.2 Å². The molecule has 0 spiro atoms. The molecule has 8 heteroatoms. The molecule has 7 nitrogen and oxygen atoms in total. The molecule has 0 aliphatic carbocycles. The summed E-state index contributed by atoms with van der Waals surface area (Å²) in [5.41, 5.74) is 5.49. The van der Waals surface area contributed by atoms with Crippen LogP contribution in [0.25, 0.3) is 0 Å². The van der Waals surface area contributed by atoms with Gasteiger partial charge in [0.15, 0.2) is 0 Å². The maximum absolute atomic E-state index is 11.3. The average molecular weight is 278 g/mol. The van der Waals surface area contributed by atoms with E-state index in [2.05, 4.69) is 4.74 Å². The lowest BCUT2D eigenvalue weighted by Crippen LogP contribution is -2.47. The van der Waals surface area contributed by atoms with Gasteiger partial charge < -0.3 is 15.6 Å². The van der Waals surface area contributed by atoms with Gasteiger partial charge in [0.05, 0.1) is 12.4 Å². The summed E-state index contributed by atoms with van der Waals surface area (Å²) >= 11 is 1.06. The molecule has 0 aromatic rings. The van der Waals surface area contributed by atoms with E-state index in [1.165, 1.54) is 0 Å². The third kappa shape index (κ3) is 5.87. The largest absolute Gasteiger partial charge is 0.480 e. The van der Waals surface area contributed by atoms with Gasteiger partial charge >= 0.3 is 12.1 Å². The molecule has 0 unspecified atom stereocenters. The lowest BCUT2D eigenvalue weighted by molar-refractivity contribution is -0.139. The zero-order valence-electron chi connectivity index (χ0n) is 10.6. The molecule has 2 amide bonds. The number of carbonyl (C=O) groups is 3. The second-order valence-electron chi connectivity index (χ2n) is 3.98. The number of hydrogen-bond donors (Lipinski definition) is 3. The van der Waals surface area contributed by atoms with E-state index in [0.29, 0.717) is 0 Å². The molecule has 0 aliphatic heterocycles. The molecule has 0 heterocycles. The summed E-state index contributed by atoms with van der Waals surface area (Å²) in [6.45, 7) is 5.03. The summed E-state index contributed by atoms with van der Waals surface area (Å²) in [5, 5.41) is 10.8. The van der Waals surface area contributed by atoms with Crippen LogP contribution < -0.4 is 11.1 Å². The number of hydrogen-bond acceptors (Lipinski definition) is 6. The summed E-state index contributed by atoms with van der Waals surface area (Å²) in [7, 11) is 0. The number of nitrogens with two attached hydrogens (primary N) is 1. The number of ether oxygens (including phenoxy) is 1. The average Bonchev–Trinajstić information content (AvgIpc) is 2.25. The van der Waals surface area contributed by atoms with Crippen LogP contribution in [0.4, 0.5) is 4.79 Å². The Morgan fingerprint density at radius 3 is 2.44 bits per heavy atom. The Hall–Kier alpha value is -1.28. The van der Waals surface area contributed by atoms with Crippen LogP contribution >= 0.6 is 11.8 Å². The van der Waals surface area contributed by atoms with Gasteiger partial charge in [0.1, 0.15) is 6.04 Å². The fourth-order valence-corrected chi connectivity index (χ4v) is 1.81. The van der Waals surface area contributed by atoms with Gasteiger partial charge in [-0.2, -0.15) is 0 Å². The van der Waals surface area contributed by atoms with E-state index in [4.69, 9.17) is 10.8 Å². The second-order valence-corrected chi connectivity index (χ2v) is 5.61. The zero-order chi connectivity index (χ0) is 14.3. The SMILES string of the molecule is CCOC(=O)NC(=O)CSC(C)(C)[C@H](N)C(=O)O. The Morgan fingerprint density at radius 2 is 2.00 bits per heavy atom. The molecule has 0 rings (SSSR count). The first kappa shape index (κ1) is 16.7. The molecule has 0 bridgehead atoms. The Balaban J connectivity index is 4.19. The molecule has 0 aromatic carbocycles. The van der Waals surface area contributed by atoms with Crippen molar-refractivity contribution in [2.24, 2.45) is 5.73 Å². The molecule has 1 atom stereocenters. The molecule has 0 radical (unpaired) electrons. The van der Waals surface area contributed by atoms with Crippen LogP contribution in [0.3, 0.4) is 0 Å². The van der Waals surface area contributed by atoms with Crippen molar-refractivity contribution in [2.45, 2.75) is 31.6 Å². The predicted molar refractivity (Wildman–Crippen MR) is 67.3 cm³/mol. The summed E-state index contributed by atoms with van der Waals surface area (Å²) in [6, 6.07) is -1.10. The van der Waals surface area contributed by atoms with Gasteiger partial charge in [-0.1, -0.05) is 0 Å². The Morgan fingerprint density at radius 1 is 1.44 bits per heavy atom. The van der Waals surface area contributed by atoms with E-state index in [-0.39, 0.29) is 12.4 Å². The van der Waals surface area contributed by atoms with E-state index in [0.717, 1.165) is 11.8 Å². The number of amides is 2. The van der Waals surface area contributed by atoms with Crippen LogP contribution in [0.1, 0.15) is 20.8 Å². The molecule has 0 aromatic heterocycles. The summed E-state index contributed by atoms with van der Waals surface area (Å²) < 4.78 is 3.71. The number of aliphatic carboxylic acids is 1. The fourth-order valence-electron chi connectivity index (χ4n) is 0.956. The van der Waals surface area contributed by atoms with E-state index in [9.17, 15) is 14.4 Å². The second kappa shape index (κ2) is 7.22. The smallest absolute Gasteiger partial charge is 0.413 e. The highest BCUT2D eigenvalue weighted by Gasteiger charge is 2.33. The highest BCUT2D eigenvalue weighted by atomic mass is 32.2. The number of rotatable bonds is 6. The summed E-state index contributed by atoms with van der Waals surface area (Å²) in [5.74, 6) is -1.77. The van der Waals surface area contributed by atoms with Crippen molar-refractivity contribution in [3.63, 3.8) is 0 Å². The van der Waals surface area contributed by atoms with E-state index < -0.39 is 28.8 Å². The highest BCUT2D eigenvalue weighted by molar-refractivity contribution is 8.01. The lowest BCUT2D eigenvalue weighted by atomic mass is 10.1. The molecule has 4 N–H and O–H groups in total. The molecule has 104 valence electrons. The van der Waals surface area contributed by atoms with Crippen LogP contribution in [0.15, 0.2) is 0 Å². The molecular formula is C10H18N2O5S. The molecule has 0 saturated heterocycles. The molecule has 0 fully saturated rings. The number of carboxylic acid groups (broad SMARTS) is 1. The molecule has 0 aliphatic rings. The van der Waals surface area contributed by atoms with Crippen molar-refractivity contribution >= 4 is 29.7 Å². The number of alkyl carbamates (subject to hydrolysis) is 1. The van der Waals surface area contributed by atoms with Gasteiger partial charge in [0, 0.05) is 4.75 Å². The number of imide groups is 1. The molecule has 18 heavy (non-hydrogen) atoms. The zero-order valence-corrected chi connectivity index (χ0v) is 11.4. The first-order valence-corrected chi connectivity index (χ1v) is 6.28. The monoisotopic (exact) mass is 278 g/mol. The van der Waals surface area contributed by atoms with Crippen molar-refractivity contribution in [1.29, 1.82) is 0 Å². The topological polar surface area (TPSA) is 119 Å². The number of carbonyl (C=O) groups excluding carboxylic acids is 2. The van der Waals surface area contributed by atoms with Gasteiger partial charge in [-0.3, -0.25) is 14.9 Å². The van der Waals surface area contributed by atoms with Crippen LogP contribution in [-0.2, 0) is 14.3 Å². The first-order chi connectivity index (χ1) is 8.20. The lowest BCUT2D eigenvalue weighted by Gasteiger charge is -2.27. The molecule has 0 saturated carbocycles. The van der Waals surface area contributed by atoms with Crippen LogP contribution in [0.2, 0.25) is 0 Å². The van der Waals surface area contributed by atoms with Gasteiger partial charge in [-0.25, -0.2) is 4.79 Å². The van der Waals surface area contributed by atoms with Gasteiger partial charge in [-0.15, -0.1) is 11.8 Å². The molecular weight excluding hydrogens is 260 g/mol. The minimum Gasteiger partial charge on any atom is -0.480 e. The normalized spacial score (nSPS) is 12.7. The number of thioether (sulfide) groups is 1. The van der Waals surface area contributed by atoms with E-state index in [1.807, 2.05) is 5.32 Å². The summed E-state index contributed by atoms with van der Waals surface area (Å²) in [4.78, 5) is 33.0. The Bertz CT molecular complexity index is 332. The van der Waals surface area contributed by atoms with Crippen molar-refractivity contribution in [3.8, 4) is 0 Å². The Kier molecular flexibility index (Phi) is 6.71. The maximum Gasteiger partial charge on any atom is 0.413 e. The van der Waals surface area contributed by atoms with E-state index >= 15 is 0 Å². The van der Waals surface area contributed by atoms with Gasteiger partial charge in [0.25, 0.3) is 0 Å². The van der Waals surface area contributed by atoms with E-state index in [1.54, 1.807) is 20.8 Å². The standard InChI is InChI=1S/C10H18N2O5S/c1-4-17-9(16)12-6(13)5-18-10(2,3)7(11)8(14)15/h7H,4-5,11H2,1-3H3,(H,14,15)(H,12,13,16)/t7-/m1/s1. The van der Waals surface area contributed by atoms with Crippen LogP contribution in [0.5, 0.6) is 0 Å². The minimum atomic E-state index is -1.14. The number of carboxylic acids is 1.